The van der Waals surface area contributed by atoms with Crippen LogP contribution in [0.3, 0.4) is 0 Å². The van der Waals surface area contributed by atoms with Crippen LogP contribution in [0.15, 0.2) is 18.2 Å². The molecule has 0 saturated carbocycles. The van der Waals surface area contributed by atoms with Crippen molar-refractivity contribution in [2.24, 2.45) is 5.92 Å². The molecule has 108 valence electrons. The number of carbonyl (C=O) groups is 1. The van der Waals surface area contributed by atoms with Gasteiger partial charge in [0.05, 0.1) is 0 Å². The summed E-state index contributed by atoms with van der Waals surface area (Å²) in [5.41, 5.74) is 3.30. The number of benzene rings is 1. The largest absolute Gasteiger partial charge is 0.371 e. The second-order valence-corrected chi connectivity index (χ2v) is 6.35. The van der Waals surface area contributed by atoms with E-state index < -0.39 is 0 Å². The van der Waals surface area contributed by atoms with Crippen LogP contribution in [0, 0.1) is 12.8 Å². The molecule has 2 fully saturated rings. The fourth-order valence-corrected chi connectivity index (χ4v) is 3.98. The molecule has 0 spiro atoms. The predicted molar refractivity (Wildman–Crippen MR) is 82.5 cm³/mol. The van der Waals surface area contributed by atoms with E-state index in [-0.39, 0.29) is 0 Å². The average Bonchev–Trinajstić information content (AvgIpc) is 2.47. The molecule has 1 aromatic rings. The molecular formula is C17H24N2O. The smallest absolute Gasteiger partial charge is 0.150 e. The van der Waals surface area contributed by atoms with Gasteiger partial charge < -0.3 is 9.80 Å². The number of carbonyl (C=O) groups excluding carboxylic acids is 1. The van der Waals surface area contributed by atoms with Crippen molar-refractivity contribution in [1.82, 2.24) is 4.90 Å². The van der Waals surface area contributed by atoms with Gasteiger partial charge in [-0.25, -0.2) is 0 Å². The van der Waals surface area contributed by atoms with Gasteiger partial charge in [0, 0.05) is 30.4 Å². The van der Waals surface area contributed by atoms with E-state index >= 15 is 0 Å². The van der Waals surface area contributed by atoms with Crippen LogP contribution >= 0.6 is 0 Å². The van der Waals surface area contributed by atoms with Gasteiger partial charge >= 0.3 is 0 Å². The quantitative estimate of drug-likeness (QED) is 0.773. The summed E-state index contributed by atoms with van der Waals surface area (Å²) in [6.45, 7) is 5.67. The van der Waals surface area contributed by atoms with Gasteiger partial charge in [0.15, 0.2) is 0 Å². The van der Waals surface area contributed by atoms with Crippen LogP contribution in [0.25, 0.3) is 0 Å². The third kappa shape index (κ3) is 2.47. The summed E-state index contributed by atoms with van der Waals surface area (Å²) in [4.78, 5) is 15.9. The van der Waals surface area contributed by atoms with Crippen molar-refractivity contribution in [3.63, 3.8) is 0 Å². The molecule has 3 heteroatoms. The Balaban J connectivity index is 1.77. The molecule has 2 atom stereocenters. The molecule has 0 amide bonds. The van der Waals surface area contributed by atoms with E-state index in [0.29, 0.717) is 0 Å². The van der Waals surface area contributed by atoms with Gasteiger partial charge in [-0.05, 0) is 69.5 Å². The van der Waals surface area contributed by atoms with E-state index in [4.69, 9.17) is 0 Å². The minimum atomic E-state index is 0.773. The molecule has 3 nitrogen and oxygen atoms in total. The molecule has 2 aliphatic rings. The van der Waals surface area contributed by atoms with Gasteiger partial charge in [0.25, 0.3) is 0 Å². The van der Waals surface area contributed by atoms with Crippen molar-refractivity contribution in [3.8, 4) is 0 Å². The van der Waals surface area contributed by atoms with Crippen molar-refractivity contribution in [1.29, 1.82) is 0 Å². The minimum absolute atomic E-state index is 0.773. The zero-order chi connectivity index (χ0) is 14.1. The Morgan fingerprint density at radius 1 is 1.25 bits per heavy atom. The summed E-state index contributed by atoms with van der Waals surface area (Å²) in [5, 5.41) is 0. The van der Waals surface area contributed by atoms with E-state index in [1.165, 1.54) is 37.1 Å². The van der Waals surface area contributed by atoms with Crippen LogP contribution < -0.4 is 4.90 Å². The number of nitrogens with zero attached hydrogens (tertiary/aromatic N) is 2. The number of fused-ring (bicyclic) bond motifs is 1. The second kappa shape index (κ2) is 5.57. The van der Waals surface area contributed by atoms with Crippen LogP contribution in [0.5, 0.6) is 0 Å². The molecule has 20 heavy (non-hydrogen) atoms. The fourth-order valence-electron chi connectivity index (χ4n) is 3.98. The molecule has 0 bridgehead atoms. The van der Waals surface area contributed by atoms with Crippen molar-refractivity contribution < 1.29 is 4.79 Å². The maximum absolute atomic E-state index is 10.9. The van der Waals surface area contributed by atoms with Crippen LogP contribution in [-0.4, -0.2) is 43.9 Å². The van der Waals surface area contributed by atoms with Gasteiger partial charge in [-0.15, -0.1) is 0 Å². The van der Waals surface area contributed by atoms with Crippen molar-refractivity contribution >= 4 is 12.0 Å². The molecule has 1 aromatic carbocycles. The molecule has 2 heterocycles. The number of aryl methyl sites for hydroxylation is 1. The van der Waals surface area contributed by atoms with E-state index in [1.54, 1.807) is 0 Å². The lowest BCUT2D eigenvalue weighted by Crippen LogP contribution is -2.52. The standard InChI is InChI=1S/C17H24N2O/c1-13-10-14(12-20)5-6-16(13)19-9-7-17-15(11-19)4-3-8-18(17)2/h5-6,10,12,15,17H,3-4,7-9,11H2,1-2H3. The summed E-state index contributed by atoms with van der Waals surface area (Å²) in [7, 11) is 2.27. The Morgan fingerprint density at radius 3 is 2.85 bits per heavy atom. The summed E-state index contributed by atoms with van der Waals surface area (Å²) in [6.07, 6.45) is 4.88. The SMILES string of the molecule is Cc1cc(C=O)ccc1N1CCC2C(CCCN2C)C1. The van der Waals surface area contributed by atoms with E-state index in [1.807, 2.05) is 12.1 Å². The summed E-state index contributed by atoms with van der Waals surface area (Å²) < 4.78 is 0. The first-order valence-corrected chi connectivity index (χ1v) is 7.70. The van der Waals surface area contributed by atoms with Gasteiger partial charge in [-0.1, -0.05) is 0 Å². The highest BCUT2D eigenvalue weighted by molar-refractivity contribution is 5.77. The minimum Gasteiger partial charge on any atom is -0.371 e. The van der Waals surface area contributed by atoms with Gasteiger partial charge in [-0.3, -0.25) is 4.79 Å². The van der Waals surface area contributed by atoms with Crippen molar-refractivity contribution in [2.45, 2.75) is 32.2 Å². The first-order chi connectivity index (χ1) is 9.69. The third-order valence-corrected chi connectivity index (χ3v) is 5.04. The average molecular weight is 272 g/mol. The molecule has 2 unspecified atom stereocenters. The zero-order valence-electron chi connectivity index (χ0n) is 12.5. The number of rotatable bonds is 2. The topological polar surface area (TPSA) is 23.6 Å². The Bertz CT molecular complexity index is 500. The predicted octanol–water partition coefficient (Wildman–Crippen LogP) is 2.73. The maximum atomic E-state index is 10.9. The lowest BCUT2D eigenvalue weighted by molar-refractivity contribution is 0.102. The van der Waals surface area contributed by atoms with E-state index in [9.17, 15) is 4.79 Å². The zero-order valence-corrected chi connectivity index (χ0v) is 12.5. The molecule has 0 N–H and O–H groups in total. The Labute approximate surface area is 121 Å². The first kappa shape index (κ1) is 13.6. The Hall–Kier alpha value is -1.35. The number of likely N-dealkylation sites (tertiary alicyclic amines) is 1. The highest BCUT2D eigenvalue weighted by atomic mass is 16.1. The molecule has 0 radical (unpaired) electrons. The molecule has 2 saturated heterocycles. The number of hydrogen-bond acceptors (Lipinski definition) is 3. The van der Waals surface area contributed by atoms with Crippen LogP contribution in [0.1, 0.15) is 35.2 Å². The first-order valence-electron chi connectivity index (χ1n) is 7.70. The maximum Gasteiger partial charge on any atom is 0.150 e. The van der Waals surface area contributed by atoms with Crippen molar-refractivity contribution in [2.75, 3.05) is 31.6 Å². The van der Waals surface area contributed by atoms with E-state index in [2.05, 4.69) is 29.8 Å². The van der Waals surface area contributed by atoms with Gasteiger partial charge in [0.2, 0.25) is 0 Å². The number of anilines is 1. The lowest BCUT2D eigenvalue weighted by Gasteiger charge is -2.47. The fraction of sp³-hybridized carbons (Fsp3) is 0.588. The number of hydrogen-bond donors (Lipinski definition) is 0. The molecule has 0 aromatic heterocycles. The Morgan fingerprint density at radius 2 is 2.10 bits per heavy atom. The summed E-state index contributed by atoms with van der Waals surface area (Å²) >= 11 is 0. The number of piperidine rings is 2. The van der Waals surface area contributed by atoms with Crippen LogP contribution in [0.2, 0.25) is 0 Å². The van der Waals surface area contributed by atoms with Crippen molar-refractivity contribution in [3.05, 3.63) is 29.3 Å². The monoisotopic (exact) mass is 272 g/mol. The molecule has 0 aliphatic carbocycles. The number of aldehydes is 1. The highest BCUT2D eigenvalue weighted by Crippen LogP contribution is 2.33. The second-order valence-electron chi connectivity index (χ2n) is 6.35. The van der Waals surface area contributed by atoms with Gasteiger partial charge in [-0.2, -0.15) is 0 Å². The van der Waals surface area contributed by atoms with Crippen LogP contribution in [0.4, 0.5) is 5.69 Å². The molecular weight excluding hydrogens is 248 g/mol. The highest BCUT2D eigenvalue weighted by Gasteiger charge is 2.34. The van der Waals surface area contributed by atoms with Gasteiger partial charge in [0.1, 0.15) is 6.29 Å². The summed E-state index contributed by atoms with van der Waals surface area (Å²) in [5.74, 6) is 0.799. The Kier molecular flexibility index (Phi) is 3.79. The summed E-state index contributed by atoms with van der Waals surface area (Å²) in [6, 6.07) is 6.83. The lowest BCUT2D eigenvalue weighted by atomic mass is 9.84. The normalized spacial score (nSPS) is 27.2. The third-order valence-electron chi connectivity index (χ3n) is 5.04. The van der Waals surface area contributed by atoms with Crippen LogP contribution in [-0.2, 0) is 0 Å². The van der Waals surface area contributed by atoms with E-state index in [0.717, 1.165) is 36.9 Å². The molecule has 2 aliphatic heterocycles. The molecule has 3 rings (SSSR count).